The molecule has 1 N–H and O–H groups in total. The van der Waals surface area contributed by atoms with Crippen LogP contribution in [0.3, 0.4) is 0 Å². The van der Waals surface area contributed by atoms with Gasteiger partial charge in [-0.05, 0) is 38.5 Å². The third-order valence-electron chi connectivity index (χ3n) is 4.70. The van der Waals surface area contributed by atoms with E-state index in [2.05, 4.69) is 41.5 Å². The number of carbonyl (C=O) groups is 1. The number of benzene rings is 2. The summed E-state index contributed by atoms with van der Waals surface area (Å²) in [5, 5.41) is 7.32. The van der Waals surface area contributed by atoms with E-state index in [0.29, 0.717) is 22.9 Å². The van der Waals surface area contributed by atoms with Crippen molar-refractivity contribution in [2.75, 3.05) is 0 Å². The minimum Gasteiger partial charge on any atom is -0.451 e. The molecule has 1 amide bonds. The molecule has 0 radical (unpaired) electrons. The molecular formula is C22H19ClN2O2S. The van der Waals surface area contributed by atoms with Crippen molar-refractivity contribution in [1.82, 2.24) is 10.3 Å². The van der Waals surface area contributed by atoms with E-state index in [1.54, 1.807) is 11.3 Å². The van der Waals surface area contributed by atoms with Gasteiger partial charge in [0, 0.05) is 26.9 Å². The van der Waals surface area contributed by atoms with Gasteiger partial charge in [0.1, 0.15) is 10.6 Å². The van der Waals surface area contributed by atoms with Crippen LogP contribution < -0.4 is 5.32 Å². The van der Waals surface area contributed by atoms with Gasteiger partial charge < -0.3 is 9.73 Å². The lowest BCUT2D eigenvalue weighted by Gasteiger charge is -2.01. The summed E-state index contributed by atoms with van der Waals surface area (Å²) in [4.78, 5) is 17.3. The molecule has 0 aliphatic rings. The maximum atomic E-state index is 12.6. The lowest BCUT2D eigenvalue weighted by molar-refractivity contribution is 0.0924. The number of aromatic nitrogens is 1. The van der Waals surface area contributed by atoms with Crippen LogP contribution in [0.4, 0.5) is 0 Å². The number of furan rings is 1. The first-order valence-corrected chi connectivity index (χ1v) is 10.2. The first kappa shape index (κ1) is 18.7. The van der Waals surface area contributed by atoms with Crippen molar-refractivity contribution in [3.63, 3.8) is 0 Å². The summed E-state index contributed by atoms with van der Waals surface area (Å²) >= 11 is 7.77. The molecule has 0 atom stereocenters. The fourth-order valence-electron chi connectivity index (χ4n) is 3.03. The molecule has 2 aromatic carbocycles. The quantitative estimate of drug-likeness (QED) is 0.444. The van der Waals surface area contributed by atoms with Crippen LogP contribution in [0, 0.1) is 20.8 Å². The zero-order chi connectivity index (χ0) is 19.8. The number of amides is 1. The van der Waals surface area contributed by atoms with Crippen LogP contribution in [0.5, 0.6) is 0 Å². The average molecular weight is 411 g/mol. The van der Waals surface area contributed by atoms with Crippen molar-refractivity contribution >= 4 is 39.8 Å². The monoisotopic (exact) mass is 410 g/mol. The predicted molar refractivity (Wildman–Crippen MR) is 114 cm³/mol. The van der Waals surface area contributed by atoms with E-state index >= 15 is 0 Å². The Bertz CT molecular complexity index is 1180. The van der Waals surface area contributed by atoms with Crippen LogP contribution >= 0.6 is 22.9 Å². The van der Waals surface area contributed by atoms with Gasteiger partial charge in [-0.25, -0.2) is 4.98 Å². The van der Waals surface area contributed by atoms with E-state index in [9.17, 15) is 4.79 Å². The second kappa shape index (κ2) is 7.41. The molecule has 4 aromatic rings. The van der Waals surface area contributed by atoms with Crippen molar-refractivity contribution < 1.29 is 9.21 Å². The van der Waals surface area contributed by atoms with Gasteiger partial charge in [-0.1, -0.05) is 41.4 Å². The first-order chi connectivity index (χ1) is 13.4. The first-order valence-electron chi connectivity index (χ1n) is 8.91. The Balaban J connectivity index is 1.50. The van der Waals surface area contributed by atoms with Gasteiger partial charge in [0.2, 0.25) is 0 Å². The summed E-state index contributed by atoms with van der Waals surface area (Å²) in [5.74, 6) is 0.0537. The van der Waals surface area contributed by atoms with Gasteiger partial charge in [-0.15, -0.1) is 11.3 Å². The molecule has 4 nitrogen and oxygen atoms in total. The van der Waals surface area contributed by atoms with E-state index < -0.39 is 0 Å². The molecule has 142 valence electrons. The number of hydrogen-bond acceptors (Lipinski definition) is 4. The maximum Gasteiger partial charge on any atom is 0.287 e. The number of halogens is 1. The zero-order valence-electron chi connectivity index (χ0n) is 15.8. The number of carbonyl (C=O) groups excluding carboxylic acids is 1. The fourth-order valence-corrected chi connectivity index (χ4v) is 4.02. The summed E-state index contributed by atoms with van der Waals surface area (Å²) < 4.78 is 5.78. The molecular weight excluding hydrogens is 392 g/mol. The van der Waals surface area contributed by atoms with Crippen molar-refractivity contribution in [2.45, 2.75) is 27.3 Å². The number of hydrogen-bond donors (Lipinski definition) is 1. The number of rotatable bonds is 4. The van der Waals surface area contributed by atoms with E-state index in [0.717, 1.165) is 32.8 Å². The molecule has 4 rings (SSSR count). The fraction of sp³-hybridized carbons (Fsp3) is 0.182. The Kier molecular flexibility index (Phi) is 4.96. The Morgan fingerprint density at radius 3 is 2.68 bits per heavy atom. The number of aryl methyl sites for hydroxylation is 3. The summed E-state index contributed by atoms with van der Waals surface area (Å²) in [7, 11) is 0. The van der Waals surface area contributed by atoms with Crippen molar-refractivity contribution in [3.8, 4) is 10.6 Å². The molecule has 6 heteroatoms. The molecule has 2 heterocycles. The van der Waals surface area contributed by atoms with Crippen molar-refractivity contribution in [2.24, 2.45) is 0 Å². The topological polar surface area (TPSA) is 55.1 Å². The summed E-state index contributed by atoms with van der Waals surface area (Å²) in [6, 6.07) is 11.9. The van der Waals surface area contributed by atoms with Crippen LogP contribution in [0.25, 0.3) is 21.5 Å². The van der Waals surface area contributed by atoms with Crippen LogP contribution in [0.1, 0.15) is 32.9 Å². The highest BCUT2D eigenvalue weighted by Gasteiger charge is 2.18. The number of fused-ring (bicyclic) bond motifs is 1. The zero-order valence-corrected chi connectivity index (χ0v) is 17.4. The van der Waals surface area contributed by atoms with Crippen LogP contribution in [0.2, 0.25) is 5.02 Å². The molecule has 0 fully saturated rings. The molecule has 0 bridgehead atoms. The van der Waals surface area contributed by atoms with Gasteiger partial charge in [0.15, 0.2) is 5.76 Å². The normalized spacial score (nSPS) is 11.1. The van der Waals surface area contributed by atoms with Crippen LogP contribution in [-0.4, -0.2) is 10.9 Å². The highest BCUT2D eigenvalue weighted by Crippen LogP contribution is 2.30. The standard InChI is InChI=1S/C22H19ClN2O2S/c1-12-4-6-15(7-5-12)22-25-16(11-28-22)10-24-21(26)20-14(3)17-9-18(23)13(2)8-19(17)27-20/h4-9,11H,10H2,1-3H3,(H,24,26). The summed E-state index contributed by atoms with van der Waals surface area (Å²) in [6.45, 7) is 6.18. The van der Waals surface area contributed by atoms with E-state index in [4.69, 9.17) is 16.0 Å². The largest absolute Gasteiger partial charge is 0.451 e. The Hall–Kier alpha value is -2.63. The smallest absolute Gasteiger partial charge is 0.287 e. The summed E-state index contributed by atoms with van der Waals surface area (Å²) in [6.07, 6.45) is 0. The van der Waals surface area contributed by atoms with Crippen molar-refractivity contribution in [3.05, 3.63) is 74.9 Å². The molecule has 28 heavy (non-hydrogen) atoms. The molecule has 0 aliphatic carbocycles. The van der Waals surface area contributed by atoms with Gasteiger partial charge in [-0.3, -0.25) is 4.79 Å². The molecule has 0 spiro atoms. The van der Waals surface area contributed by atoms with E-state index in [-0.39, 0.29) is 5.91 Å². The van der Waals surface area contributed by atoms with Gasteiger partial charge in [0.25, 0.3) is 5.91 Å². The van der Waals surface area contributed by atoms with Gasteiger partial charge in [-0.2, -0.15) is 0 Å². The Labute approximate surface area is 172 Å². The molecule has 0 unspecified atom stereocenters. The molecule has 0 saturated carbocycles. The summed E-state index contributed by atoms with van der Waals surface area (Å²) in [5.41, 5.74) is 5.48. The van der Waals surface area contributed by atoms with E-state index in [1.807, 2.05) is 31.4 Å². The lowest BCUT2D eigenvalue weighted by atomic mass is 10.1. The average Bonchev–Trinajstić information content (AvgIpc) is 3.27. The molecule has 2 aromatic heterocycles. The van der Waals surface area contributed by atoms with Gasteiger partial charge in [0.05, 0.1) is 12.2 Å². The molecule has 0 saturated heterocycles. The molecule has 0 aliphatic heterocycles. The Morgan fingerprint density at radius 2 is 1.93 bits per heavy atom. The highest BCUT2D eigenvalue weighted by atomic mass is 35.5. The van der Waals surface area contributed by atoms with Gasteiger partial charge >= 0.3 is 0 Å². The van der Waals surface area contributed by atoms with Crippen LogP contribution in [-0.2, 0) is 6.54 Å². The van der Waals surface area contributed by atoms with E-state index in [1.165, 1.54) is 5.56 Å². The second-order valence-corrected chi connectivity index (χ2v) is 8.11. The predicted octanol–water partition coefficient (Wildman–Crippen LogP) is 6.06. The minimum absolute atomic E-state index is 0.257. The maximum absolute atomic E-state index is 12.6. The van der Waals surface area contributed by atoms with Crippen LogP contribution in [0.15, 0.2) is 46.2 Å². The second-order valence-electron chi connectivity index (χ2n) is 6.85. The SMILES string of the molecule is Cc1ccc(-c2nc(CNC(=O)c3oc4cc(C)c(Cl)cc4c3C)cs2)cc1. The Morgan fingerprint density at radius 1 is 1.18 bits per heavy atom. The number of nitrogens with one attached hydrogen (secondary N) is 1. The number of nitrogens with zero attached hydrogens (tertiary/aromatic N) is 1. The highest BCUT2D eigenvalue weighted by molar-refractivity contribution is 7.13. The van der Waals surface area contributed by atoms with Crippen molar-refractivity contribution in [1.29, 1.82) is 0 Å². The number of thiazole rings is 1. The lowest BCUT2D eigenvalue weighted by Crippen LogP contribution is -2.23. The third-order valence-corrected chi connectivity index (χ3v) is 6.05. The third kappa shape index (κ3) is 3.55. The minimum atomic E-state index is -0.257.